The maximum absolute atomic E-state index is 15.0. The third-order valence-corrected chi connectivity index (χ3v) is 19.3. The third-order valence-electron chi connectivity index (χ3n) is 16.2. The highest BCUT2D eigenvalue weighted by Crippen LogP contribution is 2.59. The van der Waals surface area contributed by atoms with Crippen LogP contribution in [0.2, 0.25) is 0 Å². The van der Waals surface area contributed by atoms with Gasteiger partial charge in [0, 0.05) is 68.3 Å². The molecule has 0 radical (unpaired) electrons. The number of nitrogens with one attached hydrogen (secondary N) is 4. The van der Waals surface area contributed by atoms with Crippen molar-refractivity contribution in [3.63, 3.8) is 0 Å². The van der Waals surface area contributed by atoms with Gasteiger partial charge in [-0.15, -0.1) is 22.7 Å². The summed E-state index contributed by atoms with van der Waals surface area (Å²) >= 11 is 2.44. The summed E-state index contributed by atoms with van der Waals surface area (Å²) in [5, 5.41) is 22.0. The van der Waals surface area contributed by atoms with E-state index < -0.39 is 120 Å². The summed E-state index contributed by atoms with van der Waals surface area (Å²) < 4.78 is 41.3. The number of hydrogen-bond acceptors (Lipinski definition) is 13. The van der Waals surface area contributed by atoms with Crippen LogP contribution in [0.5, 0.6) is 0 Å². The molecule has 21 nitrogen and oxygen atoms in total. The lowest BCUT2D eigenvalue weighted by Crippen LogP contribution is -2.66. The van der Waals surface area contributed by atoms with Crippen molar-refractivity contribution >= 4 is 87.6 Å². The monoisotopic (exact) mass is 1260 g/mol. The molecule has 3 aliphatic heterocycles. The Hall–Kier alpha value is -7.02. The number of piperazine rings is 1. The Morgan fingerprint density at radius 1 is 0.770 bits per heavy atom. The first-order chi connectivity index (χ1) is 40.8. The normalized spacial score (nSPS) is 19.7. The Kier molecular flexibility index (Phi) is 20.3. The minimum absolute atomic E-state index is 0.0107. The highest BCUT2D eigenvalue weighted by Gasteiger charge is 2.51. The fraction of sp³-hybridized carbons (Fsp3) is 0.492. The molecule has 3 fully saturated rings. The Bertz CT molecular complexity index is 3440. The number of alkyl halides is 2. The van der Waals surface area contributed by atoms with Gasteiger partial charge in [0.25, 0.3) is 5.91 Å². The van der Waals surface area contributed by atoms with E-state index in [9.17, 15) is 66.6 Å². The minimum atomic E-state index is -5.89. The van der Waals surface area contributed by atoms with Gasteiger partial charge in [-0.2, -0.15) is 8.78 Å². The standard InChI is InChI=1S/C61H76F2N9O12PS2/c1-35(37-16-18-39(19-17-37)51-36(2)65-34-86-51)66-54(77)44-29-43(73)32-72(44)58(81)52(59(3,4)5)67-48(74)22-23-64-49(75)30-50(76)69-25-26-71(45(33-69)56(79)70-24-12-15-40(31-70)38-13-10-9-11-14-38)57(80)53(60(6,7)8)68-55(78)47-28-41-27-42(20-21-46(41)87-47)61(62,63)85(82,83)84/h9-11,13-14,16-21,27-28,34-35,40,43-45,52-53,73H,12,15,22-26,29-33H2,1-8H3,(H,64,75)(H,66,77)(H,67,74)(H,68,78)(H2,82,83,84)/t35-,40-,43+,44-,45-,52+,53+/m0/s1. The molecular weight excluding hydrogens is 1180 g/mol. The van der Waals surface area contributed by atoms with E-state index in [4.69, 9.17) is 0 Å². The van der Waals surface area contributed by atoms with E-state index in [0.717, 1.165) is 57.2 Å². The van der Waals surface area contributed by atoms with Gasteiger partial charge in [-0.25, -0.2) is 4.98 Å². The quantitative estimate of drug-likeness (QED) is 0.0369. The van der Waals surface area contributed by atoms with Crippen molar-refractivity contribution in [2.75, 3.05) is 45.8 Å². The predicted molar refractivity (Wildman–Crippen MR) is 324 cm³/mol. The number of rotatable bonds is 18. The first kappa shape index (κ1) is 65.9. The number of carbonyl (C=O) groups is 8. The Morgan fingerprint density at radius 3 is 2.08 bits per heavy atom. The number of aliphatic hydroxyl groups is 1. The van der Waals surface area contributed by atoms with Crippen molar-refractivity contribution in [2.24, 2.45) is 10.8 Å². The molecule has 0 aliphatic carbocycles. The fourth-order valence-electron chi connectivity index (χ4n) is 11.3. The van der Waals surface area contributed by atoms with Crippen molar-refractivity contribution in [3.8, 4) is 10.4 Å². The second-order valence-electron chi connectivity index (χ2n) is 24.8. The molecule has 0 saturated carbocycles. The first-order valence-electron chi connectivity index (χ1n) is 28.9. The average Bonchev–Trinajstić information content (AvgIpc) is 3.07. The third kappa shape index (κ3) is 15.5. The number of halogens is 2. The second kappa shape index (κ2) is 26.8. The zero-order chi connectivity index (χ0) is 63.5. The number of amides is 8. The zero-order valence-electron chi connectivity index (χ0n) is 49.9. The van der Waals surface area contributed by atoms with Crippen LogP contribution in [0.3, 0.4) is 0 Å². The number of hydrogen-bond donors (Lipinski definition) is 7. The van der Waals surface area contributed by atoms with Gasteiger partial charge < -0.3 is 55.8 Å². The van der Waals surface area contributed by atoms with Crippen LogP contribution in [0.4, 0.5) is 8.78 Å². The molecule has 5 aromatic rings. The molecule has 3 aromatic carbocycles. The van der Waals surface area contributed by atoms with Crippen molar-refractivity contribution in [2.45, 2.75) is 135 Å². The number of thiophene rings is 1. The summed E-state index contributed by atoms with van der Waals surface area (Å²) in [6, 6.07) is 16.5. The van der Waals surface area contributed by atoms with E-state index in [0.29, 0.717) is 24.2 Å². The van der Waals surface area contributed by atoms with Crippen LogP contribution in [0, 0.1) is 17.8 Å². The van der Waals surface area contributed by atoms with E-state index in [2.05, 4.69) is 26.3 Å². The lowest BCUT2D eigenvalue weighted by molar-refractivity contribution is -0.155. The van der Waals surface area contributed by atoms with Crippen LogP contribution in [-0.4, -0.2) is 163 Å². The van der Waals surface area contributed by atoms with E-state index >= 15 is 0 Å². The van der Waals surface area contributed by atoms with E-state index in [1.807, 2.05) is 68.4 Å². The van der Waals surface area contributed by atoms with Crippen LogP contribution in [-0.2, 0) is 43.8 Å². The molecule has 0 unspecified atom stereocenters. The number of piperidine rings is 1. The number of benzene rings is 3. The van der Waals surface area contributed by atoms with Gasteiger partial charge in [-0.1, -0.05) is 102 Å². The lowest BCUT2D eigenvalue weighted by Gasteiger charge is -2.45. The van der Waals surface area contributed by atoms with Gasteiger partial charge in [-0.3, -0.25) is 42.9 Å². The van der Waals surface area contributed by atoms with Crippen molar-refractivity contribution in [1.29, 1.82) is 0 Å². The highest BCUT2D eigenvalue weighted by molar-refractivity contribution is 7.52. The average molecular weight is 1260 g/mol. The molecule has 3 saturated heterocycles. The Balaban J connectivity index is 0.898. The number of aryl methyl sites for hydroxylation is 1. The number of likely N-dealkylation sites (tertiary alicyclic amines) is 2. The van der Waals surface area contributed by atoms with Crippen LogP contribution in [0.1, 0.15) is 125 Å². The highest BCUT2D eigenvalue weighted by atomic mass is 32.1. The van der Waals surface area contributed by atoms with Crippen LogP contribution in [0.15, 0.2) is 84.4 Å². The molecule has 0 bridgehead atoms. The predicted octanol–water partition coefficient (Wildman–Crippen LogP) is 6.42. The summed E-state index contributed by atoms with van der Waals surface area (Å²) in [5.41, 5.74) is -1.74. The van der Waals surface area contributed by atoms with Crippen LogP contribution in [0.25, 0.3) is 20.5 Å². The number of aliphatic hydroxyl groups excluding tert-OH is 1. The van der Waals surface area contributed by atoms with Gasteiger partial charge >= 0.3 is 13.3 Å². The molecule has 0 spiro atoms. The summed E-state index contributed by atoms with van der Waals surface area (Å²) in [6.07, 6.45) is -0.517. The van der Waals surface area contributed by atoms with E-state index in [-0.39, 0.29) is 61.7 Å². The molecule has 26 heteroatoms. The second-order valence-corrected chi connectivity index (χ2v) is 28.4. The van der Waals surface area contributed by atoms with Crippen molar-refractivity contribution in [3.05, 3.63) is 112 Å². The SMILES string of the molecule is Cc1ncsc1-c1ccc([C@H](C)NC(=O)[C@@H]2C[C@@H](O)CN2C(=O)[C@@H](NC(=O)CCNC(=O)CC(=O)N2CCN(C(=O)[C@@H](NC(=O)c3cc4cc(C(F)(F)P(=O)(O)O)ccc4s3)C(C)(C)C)[C@H](C(=O)N3CCC[C@H](c4ccccc4)C3)C2)C(C)(C)C)cc1. The summed E-state index contributed by atoms with van der Waals surface area (Å²) in [7, 11) is -5.89. The fourth-order valence-corrected chi connectivity index (χ4v) is 13.5. The number of aromatic nitrogens is 1. The van der Waals surface area contributed by atoms with Crippen LogP contribution >= 0.6 is 30.3 Å². The molecule has 468 valence electrons. The molecule has 7 atom stereocenters. The molecule has 8 amide bonds. The van der Waals surface area contributed by atoms with Crippen molar-refractivity contribution in [1.82, 2.24) is 45.9 Å². The molecule has 8 rings (SSSR count). The topological polar surface area (TPSA) is 288 Å². The Labute approximate surface area is 511 Å². The number of carbonyl (C=O) groups excluding carboxylic acids is 8. The number of nitrogens with zero attached hydrogens (tertiary/aromatic N) is 5. The lowest BCUT2D eigenvalue weighted by atomic mass is 9.85. The van der Waals surface area contributed by atoms with E-state index in [1.165, 1.54) is 38.2 Å². The van der Waals surface area contributed by atoms with Gasteiger partial charge in [0.2, 0.25) is 41.4 Å². The number of β-amino-alcohol motifs (C(OH)–C–C–N with tert-alkyl or cyclic N) is 1. The van der Waals surface area contributed by atoms with Gasteiger partial charge in [0.15, 0.2) is 0 Å². The van der Waals surface area contributed by atoms with Crippen LogP contribution < -0.4 is 21.3 Å². The van der Waals surface area contributed by atoms with Gasteiger partial charge in [0.1, 0.15) is 30.6 Å². The molecule has 5 heterocycles. The molecule has 2 aromatic heterocycles. The largest absolute Gasteiger partial charge is 0.399 e. The van der Waals surface area contributed by atoms with Gasteiger partial charge in [-0.05, 0) is 77.8 Å². The number of fused-ring (bicyclic) bond motifs is 1. The summed E-state index contributed by atoms with van der Waals surface area (Å²) in [5.74, 6) is -4.87. The molecule has 7 N–H and O–H groups in total. The molecular formula is C61H76F2N9O12PS2. The van der Waals surface area contributed by atoms with Crippen molar-refractivity contribution < 1.29 is 66.6 Å². The smallest absolute Gasteiger partial charge is 0.391 e. The minimum Gasteiger partial charge on any atom is -0.391 e. The summed E-state index contributed by atoms with van der Waals surface area (Å²) in [6.45, 7) is 13.9. The Morgan fingerprint density at radius 2 is 1.44 bits per heavy atom. The number of thiazole rings is 1. The maximum atomic E-state index is 15.0. The molecule has 87 heavy (non-hydrogen) atoms. The summed E-state index contributed by atoms with van der Waals surface area (Å²) in [4.78, 5) is 143. The molecule has 3 aliphatic rings. The first-order valence-corrected chi connectivity index (χ1v) is 32.2. The van der Waals surface area contributed by atoms with Gasteiger partial charge in [0.05, 0.1) is 39.6 Å². The van der Waals surface area contributed by atoms with E-state index in [1.54, 1.807) is 52.0 Å². The zero-order valence-corrected chi connectivity index (χ0v) is 52.4. The maximum Gasteiger partial charge on any atom is 0.399 e.